The quantitative estimate of drug-likeness (QED) is 0.759. The van der Waals surface area contributed by atoms with Crippen LogP contribution >= 0.6 is 0 Å². The minimum Gasteiger partial charge on any atom is -0.447 e. The van der Waals surface area contributed by atoms with E-state index in [1.165, 1.54) is 19.2 Å². The molecule has 3 heteroatoms. The van der Waals surface area contributed by atoms with Crippen LogP contribution < -0.4 is 5.32 Å². The van der Waals surface area contributed by atoms with Gasteiger partial charge < -0.3 is 9.73 Å². The zero-order chi connectivity index (χ0) is 9.73. The zero-order valence-electron chi connectivity index (χ0n) is 8.63. The highest BCUT2D eigenvalue weighted by Crippen LogP contribution is 2.11. The first-order valence-corrected chi connectivity index (χ1v) is 4.76. The van der Waals surface area contributed by atoms with Crippen molar-refractivity contribution in [1.82, 2.24) is 10.3 Å². The van der Waals surface area contributed by atoms with E-state index in [2.05, 4.69) is 31.1 Å². The number of aromatic nitrogens is 1. The van der Waals surface area contributed by atoms with E-state index in [9.17, 15) is 0 Å². The largest absolute Gasteiger partial charge is 0.447 e. The van der Waals surface area contributed by atoms with E-state index in [0.717, 1.165) is 12.3 Å². The molecule has 1 N–H and O–H groups in total. The van der Waals surface area contributed by atoms with E-state index in [1.807, 2.05) is 0 Å². The summed E-state index contributed by atoms with van der Waals surface area (Å²) in [4.78, 5) is 3.86. The molecule has 1 aromatic heterocycles. The van der Waals surface area contributed by atoms with E-state index in [1.54, 1.807) is 6.20 Å². The fourth-order valence-corrected chi connectivity index (χ4v) is 1.37. The van der Waals surface area contributed by atoms with Crippen molar-refractivity contribution in [3.05, 3.63) is 18.4 Å². The van der Waals surface area contributed by atoms with E-state index < -0.39 is 0 Å². The van der Waals surface area contributed by atoms with Gasteiger partial charge in [0.25, 0.3) is 0 Å². The van der Waals surface area contributed by atoms with Crippen LogP contribution in [0.1, 0.15) is 39.4 Å². The molecule has 74 valence electrons. The maximum Gasteiger partial charge on any atom is 0.180 e. The number of nitrogens with zero attached hydrogens (tertiary/aromatic N) is 1. The predicted molar refractivity (Wildman–Crippen MR) is 52.3 cm³/mol. The van der Waals surface area contributed by atoms with Gasteiger partial charge in [0.15, 0.2) is 6.39 Å². The average Bonchev–Trinajstić information content (AvgIpc) is 2.52. The summed E-state index contributed by atoms with van der Waals surface area (Å²) in [5.41, 5.74) is 0.182. The van der Waals surface area contributed by atoms with Gasteiger partial charge in [0.05, 0.1) is 12.7 Å². The Hall–Kier alpha value is -0.830. The number of hydrogen-bond donors (Lipinski definition) is 1. The normalized spacial score (nSPS) is 11.9. The summed E-state index contributed by atoms with van der Waals surface area (Å²) >= 11 is 0. The van der Waals surface area contributed by atoms with Crippen molar-refractivity contribution in [3.8, 4) is 0 Å². The molecule has 3 nitrogen and oxygen atoms in total. The molecule has 0 saturated heterocycles. The summed E-state index contributed by atoms with van der Waals surface area (Å²) in [6, 6.07) is 0. The van der Waals surface area contributed by atoms with Gasteiger partial charge in [-0.2, -0.15) is 0 Å². The SMILES string of the molecule is CCCC(C)(C)NCc1cnco1. The standard InChI is InChI=1S/C10H18N2O/c1-4-5-10(2,3)12-7-9-6-11-8-13-9/h6,8,12H,4-5,7H2,1-3H3. The van der Waals surface area contributed by atoms with Crippen molar-refractivity contribution in [3.63, 3.8) is 0 Å². The minimum atomic E-state index is 0.182. The van der Waals surface area contributed by atoms with Gasteiger partial charge >= 0.3 is 0 Å². The van der Waals surface area contributed by atoms with Crippen LogP contribution in [0.5, 0.6) is 0 Å². The van der Waals surface area contributed by atoms with Crippen LogP contribution in [0, 0.1) is 0 Å². The highest BCUT2D eigenvalue weighted by Gasteiger charge is 2.15. The molecule has 0 fully saturated rings. The van der Waals surface area contributed by atoms with Crippen LogP contribution in [0.25, 0.3) is 0 Å². The lowest BCUT2D eigenvalue weighted by Gasteiger charge is -2.25. The molecule has 1 rings (SSSR count). The first kappa shape index (κ1) is 10.3. The Morgan fingerprint density at radius 3 is 2.85 bits per heavy atom. The summed E-state index contributed by atoms with van der Waals surface area (Å²) < 4.78 is 5.13. The maximum absolute atomic E-state index is 5.13. The monoisotopic (exact) mass is 182 g/mol. The summed E-state index contributed by atoms with van der Waals surface area (Å²) in [5, 5.41) is 3.43. The second-order valence-corrected chi connectivity index (χ2v) is 3.96. The topological polar surface area (TPSA) is 38.1 Å². The van der Waals surface area contributed by atoms with Gasteiger partial charge in [-0.25, -0.2) is 4.98 Å². The molecule has 0 aliphatic heterocycles. The molecule has 0 unspecified atom stereocenters. The Labute approximate surface area is 79.5 Å². The molecule has 0 radical (unpaired) electrons. The van der Waals surface area contributed by atoms with E-state index >= 15 is 0 Å². The van der Waals surface area contributed by atoms with Crippen LogP contribution in [-0.4, -0.2) is 10.5 Å². The Morgan fingerprint density at radius 2 is 2.31 bits per heavy atom. The van der Waals surface area contributed by atoms with Gasteiger partial charge in [-0.05, 0) is 20.3 Å². The Kier molecular flexibility index (Phi) is 3.48. The molecular weight excluding hydrogens is 164 g/mol. The minimum absolute atomic E-state index is 0.182. The summed E-state index contributed by atoms with van der Waals surface area (Å²) in [7, 11) is 0. The first-order chi connectivity index (χ1) is 6.14. The van der Waals surface area contributed by atoms with Gasteiger partial charge in [-0.15, -0.1) is 0 Å². The number of oxazole rings is 1. The van der Waals surface area contributed by atoms with Gasteiger partial charge in [-0.1, -0.05) is 13.3 Å². The second-order valence-electron chi connectivity index (χ2n) is 3.96. The smallest absolute Gasteiger partial charge is 0.180 e. The fourth-order valence-electron chi connectivity index (χ4n) is 1.37. The summed E-state index contributed by atoms with van der Waals surface area (Å²) in [6.07, 6.45) is 5.57. The van der Waals surface area contributed by atoms with Gasteiger partial charge in [0, 0.05) is 5.54 Å². The molecule has 0 amide bonds. The van der Waals surface area contributed by atoms with Crippen LogP contribution in [-0.2, 0) is 6.54 Å². The molecule has 0 atom stereocenters. The lowest BCUT2D eigenvalue weighted by Crippen LogP contribution is -2.38. The zero-order valence-corrected chi connectivity index (χ0v) is 8.63. The number of rotatable bonds is 5. The molecule has 0 aliphatic rings. The highest BCUT2D eigenvalue weighted by atomic mass is 16.3. The van der Waals surface area contributed by atoms with Crippen molar-refractivity contribution in [2.75, 3.05) is 0 Å². The van der Waals surface area contributed by atoms with Crippen molar-refractivity contribution in [2.24, 2.45) is 0 Å². The molecule has 0 bridgehead atoms. The lowest BCUT2D eigenvalue weighted by atomic mass is 9.99. The molecule has 0 saturated carbocycles. The number of nitrogens with one attached hydrogen (secondary N) is 1. The molecular formula is C10H18N2O. The summed E-state index contributed by atoms with van der Waals surface area (Å²) in [6.45, 7) is 7.35. The molecule has 0 aromatic carbocycles. The van der Waals surface area contributed by atoms with Crippen LogP contribution in [0.2, 0.25) is 0 Å². The van der Waals surface area contributed by atoms with Crippen molar-refractivity contribution >= 4 is 0 Å². The Bertz CT molecular complexity index is 229. The molecule has 0 aliphatic carbocycles. The first-order valence-electron chi connectivity index (χ1n) is 4.76. The molecule has 1 aromatic rings. The molecule has 13 heavy (non-hydrogen) atoms. The van der Waals surface area contributed by atoms with Crippen molar-refractivity contribution in [1.29, 1.82) is 0 Å². The van der Waals surface area contributed by atoms with E-state index in [4.69, 9.17) is 4.42 Å². The summed E-state index contributed by atoms with van der Waals surface area (Å²) in [5.74, 6) is 0.893. The van der Waals surface area contributed by atoms with E-state index in [0.29, 0.717) is 0 Å². The van der Waals surface area contributed by atoms with Crippen LogP contribution in [0.3, 0.4) is 0 Å². The highest BCUT2D eigenvalue weighted by molar-refractivity contribution is 4.90. The fraction of sp³-hybridized carbons (Fsp3) is 0.700. The predicted octanol–water partition coefficient (Wildman–Crippen LogP) is 2.34. The second kappa shape index (κ2) is 4.42. The molecule has 0 spiro atoms. The third-order valence-electron chi connectivity index (χ3n) is 2.10. The van der Waals surface area contributed by atoms with Gasteiger partial charge in [0.1, 0.15) is 5.76 Å². The van der Waals surface area contributed by atoms with Gasteiger partial charge in [0.2, 0.25) is 0 Å². The number of hydrogen-bond acceptors (Lipinski definition) is 3. The Morgan fingerprint density at radius 1 is 1.54 bits per heavy atom. The van der Waals surface area contributed by atoms with Gasteiger partial charge in [-0.3, -0.25) is 0 Å². The Balaban J connectivity index is 2.33. The lowest BCUT2D eigenvalue weighted by molar-refractivity contribution is 0.337. The van der Waals surface area contributed by atoms with E-state index in [-0.39, 0.29) is 5.54 Å². The van der Waals surface area contributed by atoms with Crippen LogP contribution in [0.4, 0.5) is 0 Å². The third-order valence-corrected chi connectivity index (χ3v) is 2.10. The molecule has 1 heterocycles. The third kappa shape index (κ3) is 3.59. The van der Waals surface area contributed by atoms with Crippen LogP contribution in [0.15, 0.2) is 17.0 Å². The average molecular weight is 182 g/mol. The van der Waals surface area contributed by atoms with Crippen molar-refractivity contribution in [2.45, 2.75) is 45.7 Å². The maximum atomic E-state index is 5.13. The van der Waals surface area contributed by atoms with Crippen molar-refractivity contribution < 1.29 is 4.42 Å².